The molecule has 27 heavy (non-hydrogen) atoms. The normalized spacial score (nSPS) is 11.4. The van der Waals surface area contributed by atoms with E-state index in [4.69, 9.17) is 13.9 Å². The maximum absolute atomic E-state index is 12.5. The minimum absolute atomic E-state index is 0.214. The molecule has 0 unspecified atom stereocenters. The Balaban J connectivity index is 1.89. The number of ether oxygens (including phenoxy) is 2. The number of carbonyl (C=O) groups excluding carboxylic acids is 1. The third kappa shape index (κ3) is 4.37. The second-order valence-electron chi connectivity index (χ2n) is 7.29. The van der Waals surface area contributed by atoms with Gasteiger partial charge >= 0.3 is 11.6 Å². The first kappa shape index (κ1) is 18.7. The summed E-state index contributed by atoms with van der Waals surface area (Å²) in [5, 5.41) is 0.818. The summed E-state index contributed by atoms with van der Waals surface area (Å²) in [6, 6.07) is 14.6. The summed E-state index contributed by atoms with van der Waals surface area (Å²) in [4.78, 5) is 24.3. The Hall–Kier alpha value is -3.08. The Morgan fingerprint density at radius 1 is 1.07 bits per heavy atom. The highest BCUT2D eigenvalue weighted by Crippen LogP contribution is 2.28. The van der Waals surface area contributed by atoms with Crippen LogP contribution in [0, 0.1) is 6.92 Å². The highest BCUT2D eigenvalue weighted by atomic mass is 16.6. The molecule has 0 amide bonds. The molecule has 3 rings (SSSR count). The number of carbonyl (C=O) groups is 1. The minimum atomic E-state index is -0.568. The molecule has 0 N–H and O–H groups in total. The Morgan fingerprint density at radius 3 is 2.44 bits per heavy atom. The van der Waals surface area contributed by atoms with E-state index in [9.17, 15) is 9.59 Å². The maximum atomic E-state index is 12.5. The highest BCUT2D eigenvalue weighted by molar-refractivity contribution is 5.87. The first-order valence-electron chi connectivity index (χ1n) is 8.72. The number of fused-ring (bicyclic) bond motifs is 1. The number of aryl methyl sites for hydroxylation is 1. The van der Waals surface area contributed by atoms with Gasteiger partial charge in [0.15, 0.2) is 6.61 Å². The summed E-state index contributed by atoms with van der Waals surface area (Å²) >= 11 is 0. The van der Waals surface area contributed by atoms with Crippen LogP contribution in [0.4, 0.5) is 0 Å². The third-order valence-corrected chi connectivity index (χ3v) is 3.98. The lowest BCUT2D eigenvalue weighted by molar-refractivity contribution is -0.157. The van der Waals surface area contributed by atoms with Gasteiger partial charge in [-0.15, -0.1) is 0 Å². The number of hydrogen-bond donors (Lipinski definition) is 0. The van der Waals surface area contributed by atoms with Gasteiger partial charge in [-0.3, -0.25) is 0 Å². The van der Waals surface area contributed by atoms with Gasteiger partial charge in [-0.2, -0.15) is 0 Å². The van der Waals surface area contributed by atoms with Crippen LogP contribution in [0.5, 0.6) is 5.75 Å². The average Bonchev–Trinajstić information content (AvgIpc) is 2.59. The van der Waals surface area contributed by atoms with E-state index >= 15 is 0 Å². The molecule has 0 aliphatic carbocycles. The van der Waals surface area contributed by atoms with Crippen molar-refractivity contribution >= 4 is 16.9 Å². The molecule has 5 nitrogen and oxygen atoms in total. The van der Waals surface area contributed by atoms with E-state index in [1.165, 1.54) is 0 Å². The van der Waals surface area contributed by atoms with Gasteiger partial charge in [-0.25, -0.2) is 9.59 Å². The first-order valence-corrected chi connectivity index (χ1v) is 8.72. The molecule has 0 fully saturated rings. The van der Waals surface area contributed by atoms with Gasteiger partial charge in [-0.05, 0) is 51.0 Å². The Morgan fingerprint density at radius 2 is 1.78 bits per heavy atom. The standard InChI is InChI=1S/C22H22O5/c1-14-17-11-10-16(25-13-19(23)27-22(2,3)4)12-18(17)26-21(24)20(14)15-8-6-5-7-9-15/h5-12H,13H2,1-4H3. The van der Waals surface area contributed by atoms with Gasteiger partial charge in [0, 0.05) is 11.5 Å². The fraction of sp³-hybridized carbons (Fsp3) is 0.273. The van der Waals surface area contributed by atoms with Gasteiger partial charge in [-0.1, -0.05) is 30.3 Å². The van der Waals surface area contributed by atoms with Crippen molar-refractivity contribution in [2.24, 2.45) is 0 Å². The molecule has 0 atom stereocenters. The molecule has 0 saturated heterocycles. The summed E-state index contributed by atoms with van der Waals surface area (Å²) in [5.74, 6) is -0.0250. The van der Waals surface area contributed by atoms with E-state index in [0.29, 0.717) is 16.9 Å². The molecule has 0 aliphatic heterocycles. The van der Waals surface area contributed by atoms with Gasteiger partial charge in [0.25, 0.3) is 0 Å². The smallest absolute Gasteiger partial charge is 0.344 e. The first-order chi connectivity index (χ1) is 12.7. The van der Waals surface area contributed by atoms with E-state index in [0.717, 1.165) is 16.5 Å². The number of benzene rings is 2. The van der Waals surface area contributed by atoms with Crippen molar-refractivity contribution in [2.45, 2.75) is 33.3 Å². The lowest BCUT2D eigenvalue weighted by atomic mass is 10.00. The van der Waals surface area contributed by atoms with Crippen molar-refractivity contribution in [1.29, 1.82) is 0 Å². The van der Waals surface area contributed by atoms with Crippen LogP contribution in [-0.4, -0.2) is 18.2 Å². The minimum Gasteiger partial charge on any atom is -0.482 e. The molecule has 0 spiro atoms. The molecule has 0 radical (unpaired) electrons. The predicted octanol–water partition coefficient (Wildman–Crippen LogP) is 4.49. The van der Waals surface area contributed by atoms with Crippen molar-refractivity contribution in [1.82, 2.24) is 0 Å². The molecule has 0 saturated carbocycles. The van der Waals surface area contributed by atoms with Gasteiger partial charge in [0.2, 0.25) is 0 Å². The lowest BCUT2D eigenvalue weighted by Gasteiger charge is -2.19. The Kier molecular flexibility index (Phi) is 5.04. The Labute approximate surface area is 157 Å². The lowest BCUT2D eigenvalue weighted by Crippen LogP contribution is -2.27. The molecule has 1 aromatic heterocycles. The molecule has 5 heteroatoms. The number of esters is 1. The van der Waals surface area contributed by atoms with Gasteiger partial charge < -0.3 is 13.9 Å². The topological polar surface area (TPSA) is 65.7 Å². The zero-order chi connectivity index (χ0) is 19.6. The fourth-order valence-corrected chi connectivity index (χ4v) is 2.88. The van der Waals surface area contributed by atoms with Crippen LogP contribution in [0.15, 0.2) is 57.7 Å². The molecule has 3 aromatic rings. The molecule has 0 bridgehead atoms. The zero-order valence-corrected chi connectivity index (χ0v) is 15.9. The van der Waals surface area contributed by atoms with E-state index in [-0.39, 0.29) is 6.61 Å². The Bertz CT molecular complexity index is 1030. The van der Waals surface area contributed by atoms with Crippen LogP contribution in [0.25, 0.3) is 22.1 Å². The van der Waals surface area contributed by atoms with E-state index < -0.39 is 17.2 Å². The molecular weight excluding hydrogens is 344 g/mol. The van der Waals surface area contributed by atoms with Crippen LogP contribution < -0.4 is 10.4 Å². The van der Waals surface area contributed by atoms with Crippen molar-refractivity contribution in [2.75, 3.05) is 6.61 Å². The van der Waals surface area contributed by atoms with Crippen molar-refractivity contribution in [3.63, 3.8) is 0 Å². The number of rotatable bonds is 4. The quantitative estimate of drug-likeness (QED) is 0.503. The predicted molar refractivity (Wildman–Crippen MR) is 104 cm³/mol. The van der Waals surface area contributed by atoms with Crippen LogP contribution in [0.2, 0.25) is 0 Å². The van der Waals surface area contributed by atoms with Crippen molar-refractivity contribution < 1.29 is 18.7 Å². The summed E-state index contributed by atoms with van der Waals surface area (Å²) in [6.45, 7) is 7.06. The van der Waals surface area contributed by atoms with Crippen LogP contribution in [0.1, 0.15) is 26.3 Å². The third-order valence-electron chi connectivity index (χ3n) is 3.98. The SMILES string of the molecule is Cc1c(-c2ccccc2)c(=O)oc2cc(OCC(=O)OC(C)(C)C)ccc12. The van der Waals surface area contributed by atoms with Crippen LogP contribution >= 0.6 is 0 Å². The van der Waals surface area contributed by atoms with Gasteiger partial charge in [0.1, 0.15) is 16.9 Å². The van der Waals surface area contributed by atoms with E-state index in [1.807, 2.05) is 43.3 Å². The molecular formula is C22H22O5. The fourth-order valence-electron chi connectivity index (χ4n) is 2.88. The van der Waals surface area contributed by atoms with E-state index in [1.54, 1.807) is 32.9 Å². The summed E-state index contributed by atoms with van der Waals surface area (Å²) in [6.07, 6.45) is 0. The van der Waals surface area contributed by atoms with Gasteiger partial charge in [0.05, 0.1) is 5.56 Å². The van der Waals surface area contributed by atoms with Crippen molar-refractivity contribution in [3.8, 4) is 16.9 Å². The van der Waals surface area contributed by atoms with Crippen molar-refractivity contribution in [3.05, 3.63) is 64.5 Å². The summed E-state index contributed by atoms with van der Waals surface area (Å²) < 4.78 is 16.2. The van der Waals surface area contributed by atoms with Crippen LogP contribution in [0.3, 0.4) is 0 Å². The summed E-state index contributed by atoms with van der Waals surface area (Å²) in [5.41, 5.74) is 1.64. The molecule has 140 valence electrons. The zero-order valence-electron chi connectivity index (χ0n) is 15.9. The molecule has 0 aliphatic rings. The highest BCUT2D eigenvalue weighted by Gasteiger charge is 2.17. The second kappa shape index (κ2) is 7.27. The maximum Gasteiger partial charge on any atom is 0.344 e. The molecule has 1 heterocycles. The number of hydrogen-bond acceptors (Lipinski definition) is 5. The van der Waals surface area contributed by atoms with Crippen LogP contribution in [-0.2, 0) is 9.53 Å². The second-order valence-corrected chi connectivity index (χ2v) is 7.29. The summed E-state index contributed by atoms with van der Waals surface area (Å²) in [7, 11) is 0. The largest absolute Gasteiger partial charge is 0.482 e. The molecule has 2 aromatic carbocycles. The monoisotopic (exact) mass is 366 g/mol. The average molecular weight is 366 g/mol. The van der Waals surface area contributed by atoms with E-state index in [2.05, 4.69) is 0 Å².